The maximum atomic E-state index is 12.9. The highest BCUT2D eigenvalue weighted by atomic mass is 16.6. The van der Waals surface area contributed by atoms with Gasteiger partial charge in [0, 0.05) is 19.3 Å². The number of esters is 3. The monoisotopic (exact) mass is 1020 g/mol. The lowest BCUT2D eigenvalue weighted by molar-refractivity contribution is -0.167. The summed E-state index contributed by atoms with van der Waals surface area (Å²) in [4.78, 5) is 38.2. The molecule has 0 saturated carbocycles. The summed E-state index contributed by atoms with van der Waals surface area (Å²) in [5.74, 6) is -0.879. The molecular weight excluding hydrogens is 901 g/mol. The van der Waals surface area contributed by atoms with E-state index in [1.54, 1.807) is 0 Å². The second-order valence-electron chi connectivity index (χ2n) is 20.9. The van der Waals surface area contributed by atoms with Crippen LogP contribution in [0.2, 0.25) is 0 Å². The third-order valence-corrected chi connectivity index (χ3v) is 13.7. The number of rotatable bonds is 57. The van der Waals surface area contributed by atoms with Gasteiger partial charge in [-0.2, -0.15) is 0 Å². The van der Waals surface area contributed by atoms with Crippen LogP contribution in [-0.2, 0) is 28.6 Å². The number of hydrogen-bond donors (Lipinski definition) is 0. The zero-order valence-electron chi connectivity index (χ0n) is 48.4. The maximum Gasteiger partial charge on any atom is 0.306 e. The van der Waals surface area contributed by atoms with Crippen LogP contribution in [0.15, 0.2) is 72.9 Å². The molecule has 422 valence electrons. The molecule has 0 aromatic rings. The normalized spacial score (nSPS) is 12.5. The summed E-state index contributed by atoms with van der Waals surface area (Å²) in [5, 5.41) is 0. The molecule has 0 spiro atoms. The summed E-state index contributed by atoms with van der Waals surface area (Å²) in [6.45, 7) is 6.53. The van der Waals surface area contributed by atoms with Crippen LogP contribution in [-0.4, -0.2) is 37.2 Å². The number of hydrogen-bond acceptors (Lipinski definition) is 6. The molecule has 6 heteroatoms. The fourth-order valence-electron chi connectivity index (χ4n) is 9.00. The van der Waals surface area contributed by atoms with Gasteiger partial charge in [0.15, 0.2) is 6.10 Å². The minimum atomic E-state index is -0.779. The largest absolute Gasteiger partial charge is 0.462 e. The first kappa shape index (κ1) is 69.8. The number of carbonyl (C=O) groups excluding carboxylic acids is 3. The molecule has 1 atom stereocenters. The Morgan fingerprint density at radius 1 is 0.288 bits per heavy atom. The zero-order chi connectivity index (χ0) is 52.9. The van der Waals surface area contributed by atoms with Crippen molar-refractivity contribution in [3.05, 3.63) is 72.9 Å². The fraction of sp³-hybridized carbons (Fsp3) is 0.776. The van der Waals surface area contributed by atoms with Gasteiger partial charge in [-0.3, -0.25) is 14.4 Å². The van der Waals surface area contributed by atoms with Crippen molar-refractivity contribution in [1.29, 1.82) is 0 Å². The molecule has 0 radical (unpaired) electrons. The summed E-state index contributed by atoms with van der Waals surface area (Å²) in [6, 6.07) is 0. The standard InChI is InChI=1S/C67H118O6/c1-4-7-10-13-16-19-21-23-25-27-29-31-33-35-37-39-41-43-45-48-51-54-57-60-66(69)72-63-64(62-71-65(68)59-56-53-50-47-18-15-12-9-6-3)73-67(70)61-58-55-52-49-46-44-42-40-38-36-34-32-30-28-26-24-22-20-17-14-11-8-5-2/h7,10,16,19,23,25,28-31,35,37,64H,4-6,8-9,11-15,17-18,20-22,24,26-27,32-34,36,38-63H2,1-3H3/b10-7-,19-16-,25-23-,30-28-,31-29-,37-35-. The molecule has 0 aliphatic rings. The first-order valence-corrected chi connectivity index (χ1v) is 31.4. The molecule has 0 aromatic carbocycles. The second-order valence-corrected chi connectivity index (χ2v) is 20.9. The molecule has 0 rings (SSSR count). The Morgan fingerprint density at radius 2 is 0.534 bits per heavy atom. The molecular formula is C67H118O6. The van der Waals surface area contributed by atoms with E-state index < -0.39 is 6.10 Å². The molecule has 73 heavy (non-hydrogen) atoms. The van der Waals surface area contributed by atoms with E-state index in [1.165, 1.54) is 180 Å². The molecule has 0 saturated heterocycles. The van der Waals surface area contributed by atoms with Gasteiger partial charge >= 0.3 is 17.9 Å². The van der Waals surface area contributed by atoms with Crippen LogP contribution in [0.5, 0.6) is 0 Å². The Hall–Kier alpha value is -3.15. The Labute approximate surface area is 453 Å². The van der Waals surface area contributed by atoms with E-state index in [9.17, 15) is 14.4 Å². The minimum absolute atomic E-state index is 0.0766. The predicted molar refractivity (Wildman–Crippen MR) is 316 cm³/mol. The van der Waals surface area contributed by atoms with E-state index in [2.05, 4.69) is 93.7 Å². The smallest absolute Gasteiger partial charge is 0.306 e. The summed E-state index contributed by atoms with van der Waals surface area (Å²) in [5.41, 5.74) is 0. The molecule has 0 N–H and O–H groups in total. The number of unbranched alkanes of at least 4 members (excludes halogenated alkanes) is 34. The molecule has 0 aliphatic carbocycles. The highest BCUT2D eigenvalue weighted by Crippen LogP contribution is 2.16. The van der Waals surface area contributed by atoms with E-state index in [1.807, 2.05) is 0 Å². The minimum Gasteiger partial charge on any atom is -0.462 e. The van der Waals surface area contributed by atoms with Gasteiger partial charge in [-0.05, 0) is 89.9 Å². The Morgan fingerprint density at radius 3 is 0.849 bits per heavy atom. The van der Waals surface area contributed by atoms with Gasteiger partial charge in [0.2, 0.25) is 0 Å². The number of ether oxygens (including phenoxy) is 3. The average Bonchev–Trinajstić information content (AvgIpc) is 3.39. The molecule has 6 nitrogen and oxygen atoms in total. The van der Waals surface area contributed by atoms with Crippen molar-refractivity contribution < 1.29 is 28.6 Å². The van der Waals surface area contributed by atoms with Crippen molar-refractivity contribution >= 4 is 17.9 Å². The van der Waals surface area contributed by atoms with Gasteiger partial charge < -0.3 is 14.2 Å². The van der Waals surface area contributed by atoms with Crippen LogP contribution in [0, 0.1) is 0 Å². The summed E-state index contributed by atoms with van der Waals surface area (Å²) in [6.07, 6.45) is 79.1. The van der Waals surface area contributed by atoms with Gasteiger partial charge in [-0.1, -0.05) is 280 Å². The van der Waals surface area contributed by atoms with Crippen molar-refractivity contribution in [3.8, 4) is 0 Å². The van der Waals surface area contributed by atoms with Crippen molar-refractivity contribution in [3.63, 3.8) is 0 Å². The van der Waals surface area contributed by atoms with Crippen LogP contribution in [0.4, 0.5) is 0 Å². The molecule has 0 aliphatic heterocycles. The Balaban J connectivity index is 4.24. The van der Waals surface area contributed by atoms with E-state index in [0.717, 1.165) is 96.3 Å². The SMILES string of the molecule is CC/C=C\C/C=C\C/C=C\C/C=C\C/C=C\CCCCCCCCCC(=O)OCC(COC(=O)CCCCCCCCCCC)OC(=O)CCCCCCCCCCCCC/C=C\CCCCCCCCCC. The second kappa shape index (κ2) is 61.4. The van der Waals surface area contributed by atoms with Crippen LogP contribution in [0.25, 0.3) is 0 Å². The molecule has 0 fully saturated rings. The highest BCUT2D eigenvalue weighted by molar-refractivity contribution is 5.71. The van der Waals surface area contributed by atoms with Crippen LogP contribution in [0.1, 0.15) is 316 Å². The third-order valence-electron chi connectivity index (χ3n) is 13.7. The summed E-state index contributed by atoms with van der Waals surface area (Å²) >= 11 is 0. The zero-order valence-corrected chi connectivity index (χ0v) is 48.4. The van der Waals surface area contributed by atoms with Crippen LogP contribution >= 0.6 is 0 Å². The summed E-state index contributed by atoms with van der Waals surface area (Å²) in [7, 11) is 0. The predicted octanol–water partition coefficient (Wildman–Crippen LogP) is 21.3. The van der Waals surface area contributed by atoms with E-state index >= 15 is 0 Å². The third kappa shape index (κ3) is 59.6. The van der Waals surface area contributed by atoms with E-state index in [-0.39, 0.29) is 31.1 Å². The van der Waals surface area contributed by atoms with Gasteiger partial charge in [-0.15, -0.1) is 0 Å². The Bertz CT molecular complexity index is 1360. The topological polar surface area (TPSA) is 78.9 Å². The lowest BCUT2D eigenvalue weighted by Crippen LogP contribution is -2.30. The first-order valence-electron chi connectivity index (χ1n) is 31.4. The number of carbonyl (C=O) groups is 3. The Kier molecular flexibility index (Phi) is 58.7. The summed E-state index contributed by atoms with van der Waals surface area (Å²) < 4.78 is 16.9. The maximum absolute atomic E-state index is 12.9. The van der Waals surface area contributed by atoms with Crippen molar-refractivity contribution in [1.82, 2.24) is 0 Å². The highest BCUT2D eigenvalue weighted by Gasteiger charge is 2.19. The van der Waals surface area contributed by atoms with Crippen molar-refractivity contribution in [2.75, 3.05) is 13.2 Å². The van der Waals surface area contributed by atoms with Gasteiger partial charge in [-0.25, -0.2) is 0 Å². The lowest BCUT2D eigenvalue weighted by Gasteiger charge is -2.18. The van der Waals surface area contributed by atoms with E-state index in [0.29, 0.717) is 19.3 Å². The fourth-order valence-corrected chi connectivity index (χ4v) is 9.00. The lowest BCUT2D eigenvalue weighted by atomic mass is 10.0. The number of allylic oxidation sites excluding steroid dienone is 12. The molecule has 0 aromatic heterocycles. The first-order chi connectivity index (χ1) is 36.0. The van der Waals surface area contributed by atoms with Crippen LogP contribution < -0.4 is 0 Å². The van der Waals surface area contributed by atoms with Gasteiger partial charge in [0.1, 0.15) is 13.2 Å². The van der Waals surface area contributed by atoms with Crippen molar-refractivity contribution in [2.45, 2.75) is 322 Å². The molecule has 0 heterocycles. The van der Waals surface area contributed by atoms with Crippen molar-refractivity contribution in [2.24, 2.45) is 0 Å². The van der Waals surface area contributed by atoms with E-state index in [4.69, 9.17) is 14.2 Å². The van der Waals surface area contributed by atoms with Crippen LogP contribution in [0.3, 0.4) is 0 Å². The molecule has 1 unspecified atom stereocenters. The molecule has 0 bridgehead atoms. The quantitative estimate of drug-likeness (QED) is 0.0261. The van der Waals surface area contributed by atoms with Gasteiger partial charge in [0.25, 0.3) is 0 Å². The molecule has 0 amide bonds. The van der Waals surface area contributed by atoms with Gasteiger partial charge in [0.05, 0.1) is 0 Å². The average molecular weight is 1020 g/mol.